The highest BCUT2D eigenvalue weighted by molar-refractivity contribution is 8.00. The van der Waals surface area contributed by atoms with E-state index in [1.54, 1.807) is 26.2 Å². The van der Waals surface area contributed by atoms with Crippen LogP contribution in [0.3, 0.4) is 0 Å². The second-order valence-electron chi connectivity index (χ2n) is 6.07. The van der Waals surface area contributed by atoms with Gasteiger partial charge in [-0.2, -0.15) is 0 Å². The molecule has 27 heavy (non-hydrogen) atoms. The molecule has 146 valence electrons. The van der Waals surface area contributed by atoms with Crippen molar-refractivity contribution in [2.45, 2.75) is 29.0 Å². The van der Waals surface area contributed by atoms with Crippen molar-refractivity contribution < 1.29 is 17.9 Å². The van der Waals surface area contributed by atoms with Crippen LogP contribution in [0.1, 0.15) is 12.5 Å². The summed E-state index contributed by atoms with van der Waals surface area (Å²) < 4.78 is 30.5. The third-order valence-corrected chi connectivity index (χ3v) is 6.62. The SMILES string of the molecule is COc1ccc(C)cc1NC(=O)[C@@H](C)Sc1ccc(S(=O)(=O)N(C)C)cn1. The van der Waals surface area contributed by atoms with E-state index in [1.165, 1.54) is 38.1 Å². The average molecular weight is 410 g/mol. The van der Waals surface area contributed by atoms with E-state index >= 15 is 0 Å². The molecule has 2 aromatic rings. The highest BCUT2D eigenvalue weighted by atomic mass is 32.2. The number of amides is 1. The number of nitrogens with one attached hydrogen (secondary N) is 1. The number of sulfonamides is 1. The predicted octanol–water partition coefficient (Wildman–Crippen LogP) is 2.77. The van der Waals surface area contributed by atoms with Gasteiger partial charge in [-0.1, -0.05) is 17.8 Å². The van der Waals surface area contributed by atoms with Crippen molar-refractivity contribution in [2.24, 2.45) is 0 Å². The van der Waals surface area contributed by atoms with Gasteiger partial charge in [0.05, 0.1) is 23.1 Å². The zero-order valence-corrected chi connectivity index (χ0v) is 17.5. The molecule has 1 aromatic carbocycles. The number of carbonyl (C=O) groups is 1. The van der Waals surface area contributed by atoms with Gasteiger partial charge in [-0.3, -0.25) is 4.79 Å². The van der Waals surface area contributed by atoms with Crippen LogP contribution in [0.5, 0.6) is 5.75 Å². The Morgan fingerprint density at radius 3 is 2.52 bits per heavy atom. The number of pyridine rings is 1. The van der Waals surface area contributed by atoms with Gasteiger partial charge < -0.3 is 10.1 Å². The standard InChI is InChI=1S/C18H23N3O4S2/c1-12-6-8-16(25-5)15(10-12)20-18(22)13(2)26-17-9-7-14(11-19-17)27(23,24)21(3)4/h6-11,13H,1-5H3,(H,20,22)/t13-/m1/s1. The third kappa shape index (κ3) is 5.21. The summed E-state index contributed by atoms with van der Waals surface area (Å²) in [4.78, 5) is 16.8. The Hall–Kier alpha value is -2.10. The average Bonchev–Trinajstić information content (AvgIpc) is 2.62. The first-order chi connectivity index (χ1) is 12.6. The van der Waals surface area contributed by atoms with Crippen LogP contribution in [0.15, 0.2) is 46.5 Å². The van der Waals surface area contributed by atoms with E-state index in [1.807, 2.05) is 19.1 Å². The van der Waals surface area contributed by atoms with Crippen LogP contribution in [-0.4, -0.2) is 50.1 Å². The topological polar surface area (TPSA) is 88.6 Å². The van der Waals surface area contributed by atoms with Crippen molar-refractivity contribution in [1.29, 1.82) is 0 Å². The number of hydrogen-bond donors (Lipinski definition) is 1. The summed E-state index contributed by atoms with van der Waals surface area (Å²) in [6.45, 7) is 3.69. The summed E-state index contributed by atoms with van der Waals surface area (Å²) >= 11 is 1.24. The summed E-state index contributed by atoms with van der Waals surface area (Å²) in [5.41, 5.74) is 1.61. The van der Waals surface area contributed by atoms with Crippen LogP contribution in [0.2, 0.25) is 0 Å². The Bertz CT molecular complexity index is 913. The largest absolute Gasteiger partial charge is 0.495 e. The Balaban J connectivity index is 2.08. The first-order valence-electron chi connectivity index (χ1n) is 8.16. The molecule has 0 spiro atoms. The molecule has 1 atom stereocenters. The minimum atomic E-state index is -3.52. The lowest BCUT2D eigenvalue weighted by atomic mass is 10.2. The Morgan fingerprint density at radius 2 is 1.96 bits per heavy atom. The Morgan fingerprint density at radius 1 is 1.26 bits per heavy atom. The summed E-state index contributed by atoms with van der Waals surface area (Å²) in [5.74, 6) is 0.387. The lowest BCUT2D eigenvalue weighted by molar-refractivity contribution is -0.115. The number of methoxy groups -OCH3 is 1. The van der Waals surface area contributed by atoms with E-state index in [0.29, 0.717) is 16.5 Å². The van der Waals surface area contributed by atoms with E-state index in [-0.39, 0.29) is 10.8 Å². The Kier molecular flexibility index (Phi) is 6.85. The smallest absolute Gasteiger partial charge is 0.244 e. The molecule has 0 unspecified atom stereocenters. The van der Waals surface area contributed by atoms with E-state index in [0.717, 1.165) is 9.87 Å². The molecule has 2 rings (SSSR count). The molecule has 7 nitrogen and oxygen atoms in total. The number of benzene rings is 1. The maximum Gasteiger partial charge on any atom is 0.244 e. The van der Waals surface area contributed by atoms with Gasteiger partial charge in [-0.25, -0.2) is 17.7 Å². The van der Waals surface area contributed by atoms with Gasteiger partial charge in [0.25, 0.3) is 0 Å². The molecule has 0 fully saturated rings. The molecule has 0 saturated carbocycles. The minimum absolute atomic E-state index is 0.110. The molecular formula is C18H23N3O4S2. The van der Waals surface area contributed by atoms with Crippen LogP contribution in [-0.2, 0) is 14.8 Å². The minimum Gasteiger partial charge on any atom is -0.495 e. The summed E-state index contributed by atoms with van der Waals surface area (Å²) in [5, 5.41) is 2.99. The number of aromatic nitrogens is 1. The van der Waals surface area contributed by atoms with Gasteiger partial charge in [0, 0.05) is 20.3 Å². The summed E-state index contributed by atoms with van der Waals surface area (Å²) in [6.07, 6.45) is 1.30. The fraction of sp³-hybridized carbons (Fsp3) is 0.333. The molecule has 0 aliphatic rings. The molecule has 9 heteroatoms. The number of hydrogen-bond acceptors (Lipinski definition) is 6. The van der Waals surface area contributed by atoms with Crippen molar-refractivity contribution in [3.05, 3.63) is 42.1 Å². The summed E-state index contributed by atoms with van der Waals surface area (Å²) in [7, 11) is 0.949. The highest BCUT2D eigenvalue weighted by Gasteiger charge is 2.20. The normalized spacial score (nSPS) is 12.7. The number of aryl methyl sites for hydroxylation is 1. The number of anilines is 1. The van der Waals surface area contributed by atoms with Crippen LogP contribution in [0.25, 0.3) is 0 Å². The third-order valence-electron chi connectivity index (χ3n) is 3.77. The van der Waals surface area contributed by atoms with Crippen molar-refractivity contribution in [3.63, 3.8) is 0 Å². The van der Waals surface area contributed by atoms with Gasteiger partial charge in [-0.05, 0) is 43.7 Å². The molecule has 1 heterocycles. The molecule has 1 N–H and O–H groups in total. The van der Waals surface area contributed by atoms with Gasteiger partial charge in [0.2, 0.25) is 15.9 Å². The maximum absolute atomic E-state index is 12.5. The van der Waals surface area contributed by atoms with E-state index in [4.69, 9.17) is 4.74 Å². The molecule has 0 aliphatic heterocycles. The fourth-order valence-electron chi connectivity index (χ4n) is 2.19. The first kappa shape index (κ1) is 21.2. The van der Waals surface area contributed by atoms with Crippen LogP contribution < -0.4 is 10.1 Å². The van der Waals surface area contributed by atoms with Gasteiger partial charge in [0.1, 0.15) is 10.6 Å². The van der Waals surface area contributed by atoms with E-state index < -0.39 is 15.3 Å². The van der Waals surface area contributed by atoms with E-state index in [9.17, 15) is 13.2 Å². The van der Waals surface area contributed by atoms with Gasteiger partial charge >= 0.3 is 0 Å². The second-order valence-corrected chi connectivity index (χ2v) is 9.59. The quantitative estimate of drug-likeness (QED) is 0.708. The number of ether oxygens (including phenoxy) is 1. The monoisotopic (exact) mass is 409 g/mol. The molecule has 0 aliphatic carbocycles. The number of rotatable bonds is 7. The lowest BCUT2D eigenvalue weighted by Gasteiger charge is -2.15. The second kappa shape index (κ2) is 8.73. The summed E-state index contributed by atoms with van der Waals surface area (Å²) in [6, 6.07) is 8.62. The predicted molar refractivity (Wildman–Crippen MR) is 107 cm³/mol. The molecule has 0 radical (unpaired) electrons. The Labute approximate surface area is 164 Å². The fourth-order valence-corrected chi connectivity index (χ4v) is 3.82. The van der Waals surface area contributed by atoms with Crippen molar-refractivity contribution in [2.75, 3.05) is 26.5 Å². The molecule has 1 amide bonds. The molecule has 0 saturated heterocycles. The van der Waals surface area contributed by atoms with Crippen LogP contribution in [0.4, 0.5) is 5.69 Å². The molecule has 1 aromatic heterocycles. The van der Waals surface area contributed by atoms with Gasteiger partial charge in [0.15, 0.2) is 0 Å². The maximum atomic E-state index is 12.5. The molecular weight excluding hydrogens is 386 g/mol. The number of thioether (sulfide) groups is 1. The van der Waals surface area contributed by atoms with E-state index in [2.05, 4.69) is 10.3 Å². The zero-order valence-electron chi connectivity index (χ0n) is 15.9. The first-order valence-corrected chi connectivity index (χ1v) is 10.5. The van der Waals surface area contributed by atoms with Crippen molar-refractivity contribution >= 4 is 33.4 Å². The van der Waals surface area contributed by atoms with Crippen LogP contribution in [0, 0.1) is 6.92 Å². The van der Waals surface area contributed by atoms with Gasteiger partial charge in [-0.15, -0.1) is 0 Å². The van der Waals surface area contributed by atoms with Crippen molar-refractivity contribution in [3.8, 4) is 5.75 Å². The van der Waals surface area contributed by atoms with Crippen LogP contribution >= 0.6 is 11.8 Å². The molecule has 0 bridgehead atoms. The zero-order chi connectivity index (χ0) is 20.2. The highest BCUT2D eigenvalue weighted by Crippen LogP contribution is 2.28. The number of nitrogens with zero attached hydrogens (tertiary/aromatic N) is 2. The lowest BCUT2D eigenvalue weighted by Crippen LogP contribution is -2.23. The number of carbonyl (C=O) groups excluding carboxylic acids is 1. The van der Waals surface area contributed by atoms with Crippen molar-refractivity contribution in [1.82, 2.24) is 9.29 Å².